The van der Waals surface area contributed by atoms with Crippen molar-refractivity contribution in [1.82, 2.24) is 4.72 Å². The number of carbonyl (C=O) groups is 1. The van der Waals surface area contributed by atoms with Crippen LogP contribution < -0.4 is 4.72 Å². The minimum absolute atomic E-state index is 1.16. The Morgan fingerprint density at radius 2 is 1.50 bits per heavy atom. The van der Waals surface area contributed by atoms with E-state index in [-0.39, 0.29) is 0 Å². The number of carboxylic acid groups (broad SMARTS) is 1. The van der Waals surface area contributed by atoms with Gasteiger partial charge in [0.05, 0.1) is 6.61 Å². The molecule has 1 unspecified atom stereocenters. The van der Waals surface area contributed by atoms with Crippen molar-refractivity contribution in [1.29, 1.82) is 0 Å². The van der Waals surface area contributed by atoms with Crippen LogP contribution in [0.25, 0.3) is 0 Å². The summed E-state index contributed by atoms with van der Waals surface area (Å²) in [6, 6.07) is -2.05. The molecule has 20 heteroatoms. The standard InChI is InChI=1S/C12H21NO17S2/c14-4-3(13-31(21,22)23)11(20)28-2(1-27-32(24,25)26)8(4)29-12-7(17)5(15)6(16)9(30-12)10(18)19/h2-9,11-17,20H,1H2,(H,18,19)(H,21,22,23)(H,24,25,26)/t2-,3-,4-,5+,6+,7-,8-,9-,11?,12-/m1/s1. The van der Waals surface area contributed by atoms with Crippen LogP contribution in [0.1, 0.15) is 0 Å². The molecule has 0 aromatic heterocycles. The van der Waals surface area contributed by atoms with Crippen LogP contribution in [0.4, 0.5) is 0 Å². The molecule has 0 aromatic carbocycles. The first kappa shape index (κ1) is 27.1. The molecular formula is C12H21NO17S2. The second kappa shape index (κ2) is 10.0. The molecule has 2 saturated heterocycles. The number of aliphatic carboxylic acids is 1. The molecule has 2 aliphatic heterocycles. The van der Waals surface area contributed by atoms with Gasteiger partial charge in [0.25, 0.3) is 0 Å². The SMILES string of the molecule is O=C(O)[C@@H]1O[C@@H](O[C@H]2[C@H](O)[C@@H](NS(=O)(=O)O)C(O)O[C@@H]2COS(=O)(=O)O)[C@H](O)[C@@H](O)[C@@H]1O. The van der Waals surface area contributed by atoms with E-state index in [1.165, 1.54) is 4.72 Å². The maximum Gasteiger partial charge on any atom is 0.397 e. The van der Waals surface area contributed by atoms with Crippen LogP contribution in [-0.2, 0) is 43.9 Å². The van der Waals surface area contributed by atoms with Gasteiger partial charge in [0.2, 0.25) is 0 Å². The molecule has 0 saturated carbocycles. The van der Waals surface area contributed by atoms with Gasteiger partial charge in [-0.1, -0.05) is 0 Å². The first-order valence-corrected chi connectivity index (χ1v) is 11.3. The van der Waals surface area contributed by atoms with Gasteiger partial charge in [-0.25, -0.2) is 8.98 Å². The molecule has 2 fully saturated rings. The maximum absolute atomic E-state index is 11.2. The molecule has 188 valence electrons. The summed E-state index contributed by atoms with van der Waals surface area (Å²) in [5.74, 6) is -1.79. The molecule has 10 atom stereocenters. The lowest BCUT2D eigenvalue weighted by Gasteiger charge is -2.45. The number of hydrogen-bond acceptors (Lipinski definition) is 14. The van der Waals surface area contributed by atoms with Gasteiger partial charge in [-0.3, -0.25) is 9.11 Å². The van der Waals surface area contributed by atoms with E-state index >= 15 is 0 Å². The minimum atomic E-state index is -5.09. The lowest BCUT2D eigenvalue weighted by Crippen LogP contribution is -2.67. The Balaban J connectivity index is 2.32. The Bertz CT molecular complexity index is 876. The summed E-state index contributed by atoms with van der Waals surface area (Å²) in [6.07, 6.45) is -18.9. The molecule has 2 heterocycles. The van der Waals surface area contributed by atoms with E-state index in [4.69, 9.17) is 28.4 Å². The number of rotatable bonds is 8. The van der Waals surface area contributed by atoms with Gasteiger partial charge in [0.15, 0.2) is 18.7 Å². The van der Waals surface area contributed by atoms with Crippen molar-refractivity contribution in [3.05, 3.63) is 0 Å². The van der Waals surface area contributed by atoms with Crippen molar-refractivity contribution in [2.75, 3.05) is 6.61 Å². The highest BCUT2D eigenvalue weighted by Crippen LogP contribution is 2.29. The Hall–Kier alpha value is -1.11. The van der Waals surface area contributed by atoms with Crippen LogP contribution in [-0.4, -0.2) is 131 Å². The van der Waals surface area contributed by atoms with Crippen molar-refractivity contribution < 1.29 is 79.8 Å². The molecule has 0 aromatic rings. The molecule has 2 rings (SSSR count). The molecular weight excluding hydrogens is 494 g/mol. The molecule has 32 heavy (non-hydrogen) atoms. The zero-order chi connectivity index (χ0) is 24.6. The summed E-state index contributed by atoms with van der Waals surface area (Å²) in [7, 11) is -10.1. The summed E-state index contributed by atoms with van der Waals surface area (Å²) < 4.78 is 81.8. The zero-order valence-electron chi connectivity index (χ0n) is 15.5. The Morgan fingerprint density at radius 1 is 0.906 bits per heavy atom. The molecule has 0 spiro atoms. The van der Waals surface area contributed by atoms with E-state index in [1.807, 2.05) is 0 Å². The molecule has 0 amide bonds. The van der Waals surface area contributed by atoms with Crippen molar-refractivity contribution in [2.24, 2.45) is 0 Å². The summed E-state index contributed by atoms with van der Waals surface area (Å²) in [5.41, 5.74) is 0. The normalized spacial score (nSPS) is 41.3. The van der Waals surface area contributed by atoms with Gasteiger partial charge in [-0.05, 0) is 0 Å². The Morgan fingerprint density at radius 3 is 2.00 bits per heavy atom. The number of aliphatic hydroxyl groups excluding tert-OH is 5. The summed E-state index contributed by atoms with van der Waals surface area (Å²) in [6.45, 7) is -1.16. The lowest BCUT2D eigenvalue weighted by atomic mass is 9.96. The first-order valence-electron chi connectivity index (χ1n) is 8.48. The third-order valence-corrected chi connectivity index (χ3v) is 5.47. The first-order chi connectivity index (χ1) is 14.5. The second-order valence-corrected chi connectivity index (χ2v) is 9.00. The summed E-state index contributed by atoms with van der Waals surface area (Å²) in [4.78, 5) is 11.2. The van der Waals surface area contributed by atoms with E-state index in [2.05, 4.69) is 4.18 Å². The third-order valence-electron chi connectivity index (χ3n) is 4.46. The van der Waals surface area contributed by atoms with Crippen molar-refractivity contribution >= 4 is 26.7 Å². The number of nitrogens with one attached hydrogen (secondary N) is 1. The average molecular weight is 515 g/mol. The minimum Gasteiger partial charge on any atom is -0.479 e. The van der Waals surface area contributed by atoms with Gasteiger partial charge >= 0.3 is 26.7 Å². The maximum atomic E-state index is 11.2. The van der Waals surface area contributed by atoms with E-state index < -0.39 is 94.6 Å². The molecule has 9 N–H and O–H groups in total. The molecule has 2 aliphatic rings. The highest BCUT2D eigenvalue weighted by molar-refractivity contribution is 7.83. The number of aliphatic hydroxyl groups is 5. The van der Waals surface area contributed by atoms with Crippen LogP contribution in [0.15, 0.2) is 0 Å². The summed E-state index contributed by atoms with van der Waals surface area (Å²) >= 11 is 0. The van der Waals surface area contributed by atoms with Gasteiger partial charge in [-0.2, -0.15) is 21.6 Å². The van der Waals surface area contributed by atoms with Crippen LogP contribution in [0, 0.1) is 0 Å². The second-order valence-electron chi connectivity index (χ2n) is 6.72. The highest BCUT2D eigenvalue weighted by atomic mass is 32.3. The zero-order valence-corrected chi connectivity index (χ0v) is 17.2. The Labute approximate surface area is 179 Å². The van der Waals surface area contributed by atoms with Gasteiger partial charge in [0.1, 0.15) is 42.7 Å². The van der Waals surface area contributed by atoms with Crippen LogP contribution in [0.2, 0.25) is 0 Å². The Kier molecular flexibility index (Phi) is 8.50. The van der Waals surface area contributed by atoms with Gasteiger partial charge < -0.3 is 44.8 Å². The predicted molar refractivity (Wildman–Crippen MR) is 92.0 cm³/mol. The highest BCUT2D eigenvalue weighted by Gasteiger charge is 2.52. The van der Waals surface area contributed by atoms with Crippen molar-refractivity contribution in [2.45, 2.75) is 61.3 Å². The fourth-order valence-corrected chi connectivity index (χ4v) is 3.91. The van der Waals surface area contributed by atoms with Gasteiger partial charge in [0, 0.05) is 0 Å². The summed E-state index contributed by atoms with van der Waals surface area (Å²) in [5, 5.41) is 58.9. The molecule has 0 radical (unpaired) electrons. The molecule has 18 nitrogen and oxygen atoms in total. The fourth-order valence-electron chi connectivity index (χ4n) is 3.01. The number of hydrogen-bond donors (Lipinski definition) is 9. The van der Waals surface area contributed by atoms with Crippen LogP contribution >= 0.6 is 0 Å². The van der Waals surface area contributed by atoms with Crippen LogP contribution in [0.3, 0.4) is 0 Å². The lowest BCUT2D eigenvalue weighted by molar-refractivity contribution is -0.339. The average Bonchev–Trinajstić information content (AvgIpc) is 2.64. The fraction of sp³-hybridized carbons (Fsp3) is 0.917. The van der Waals surface area contributed by atoms with Crippen molar-refractivity contribution in [3.63, 3.8) is 0 Å². The molecule has 0 aliphatic carbocycles. The number of carboxylic acids is 1. The predicted octanol–water partition coefficient (Wildman–Crippen LogP) is -6.08. The molecule has 0 bridgehead atoms. The van der Waals surface area contributed by atoms with E-state index in [1.54, 1.807) is 0 Å². The van der Waals surface area contributed by atoms with E-state index in [9.17, 15) is 47.2 Å². The third kappa shape index (κ3) is 6.71. The largest absolute Gasteiger partial charge is 0.479 e. The van der Waals surface area contributed by atoms with Crippen LogP contribution in [0.5, 0.6) is 0 Å². The van der Waals surface area contributed by atoms with Crippen molar-refractivity contribution in [3.8, 4) is 0 Å². The quantitative estimate of drug-likeness (QED) is 0.136. The van der Waals surface area contributed by atoms with Gasteiger partial charge in [-0.15, -0.1) is 0 Å². The monoisotopic (exact) mass is 515 g/mol. The topological polar surface area (TPSA) is 296 Å². The smallest absolute Gasteiger partial charge is 0.397 e. The van der Waals surface area contributed by atoms with E-state index in [0.29, 0.717) is 0 Å². The van der Waals surface area contributed by atoms with E-state index in [0.717, 1.165) is 0 Å². The number of ether oxygens (including phenoxy) is 3.